The van der Waals surface area contributed by atoms with E-state index in [1.807, 2.05) is 12.3 Å². The molecule has 4 rings (SSSR count). The van der Waals surface area contributed by atoms with E-state index in [9.17, 15) is 0 Å². The summed E-state index contributed by atoms with van der Waals surface area (Å²) in [5.74, 6) is 0.983. The van der Waals surface area contributed by atoms with Crippen LogP contribution >= 0.6 is 0 Å². The smallest absolute Gasteiger partial charge is 0.178 e. The van der Waals surface area contributed by atoms with Crippen LogP contribution in [0.5, 0.6) is 0 Å². The Labute approximate surface area is 117 Å². The van der Waals surface area contributed by atoms with Gasteiger partial charge in [-0.25, -0.2) is 9.97 Å². The summed E-state index contributed by atoms with van der Waals surface area (Å²) in [5.41, 5.74) is 5.82. The standard InChI is InChI=1S/C16H16N4/c1-10-6-7-17-16-14(10)19-15(20-16)13-8-11-4-2-3-5-12(11)9-18-13/h2-7,13,18H,8-9H2,1H3,(H,17,19,20). The van der Waals surface area contributed by atoms with E-state index < -0.39 is 0 Å². The van der Waals surface area contributed by atoms with Crippen LogP contribution in [0.15, 0.2) is 36.5 Å². The molecular formula is C16H16N4. The Balaban J connectivity index is 1.72. The van der Waals surface area contributed by atoms with Gasteiger partial charge in [0, 0.05) is 12.7 Å². The van der Waals surface area contributed by atoms with Crippen molar-refractivity contribution in [1.29, 1.82) is 0 Å². The molecule has 1 atom stereocenters. The largest absolute Gasteiger partial charge is 0.339 e. The molecule has 100 valence electrons. The summed E-state index contributed by atoms with van der Waals surface area (Å²) >= 11 is 0. The predicted octanol–water partition coefficient (Wildman–Crippen LogP) is 2.65. The molecule has 0 saturated heterocycles. The number of benzene rings is 1. The minimum absolute atomic E-state index is 0.235. The highest BCUT2D eigenvalue weighted by atomic mass is 15.1. The van der Waals surface area contributed by atoms with Crippen LogP contribution in [-0.4, -0.2) is 15.0 Å². The second-order valence-electron chi connectivity index (χ2n) is 5.35. The van der Waals surface area contributed by atoms with Gasteiger partial charge in [-0.15, -0.1) is 0 Å². The van der Waals surface area contributed by atoms with Crippen LogP contribution in [0.4, 0.5) is 0 Å². The van der Waals surface area contributed by atoms with Crippen molar-refractivity contribution >= 4 is 11.2 Å². The van der Waals surface area contributed by atoms with Crippen LogP contribution in [0.3, 0.4) is 0 Å². The molecule has 3 heterocycles. The number of pyridine rings is 1. The van der Waals surface area contributed by atoms with Gasteiger partial charge in [0.2, 0.25) is 0 Å². The maximum atomic E-state index is 4.64. The fraction of sp³-hybridized carbons (Fsp3) is 0.250. The zero-order valence-corrected chi connectivity index (χ0v) is 11.4. The Morgan fingerprint density at radius 1 is 1.15 bits per heavy atom. The van der Waals surface area contributed by atoms with Crippen LogP contribution in [0.25, 0.3) is 11.2 Å². The zero-order chi connectivity index (χ0) is 13.5. The molecule has 3 aromatic rings. The van der Waals surface area contributed by atoms with Crippen LogP contribution < -0.4 is 5.32 Å². The predicted molar refractivity (Wildman–Crippen MR) is 78.4 cm³/mol. The number of hydrogen-bond acceptors (Lipinski definition) is 3. The van der Waals surface area contributed by atoms with Crippen molar-refractivity contribution in [2.45, 2.75) is 25.9 Å². The average Bonchev–Trinajstić information content (AvgIpc) is 2.92. The van der Waals surface area contributed by atoms with Crippen LogP contribution in [0.2, 0.25) is 0 Å². The quantitative estimate of drug-likeness (QED) is 0.710. The molecule has 4 heteroatoms. The van der Waals surface area contributed by atoms with Gasteiger partial charge in [-0.3, -0.25) is 0 Å². The third-order valence-electron chi connectivity index (χ3n) is 4.03. The first-order valence-corrected chi connectivity index (χ1v) is 6.92. The van der Waals surface area contributed by atoms with E-state index in [0.29, 0.717) is 0 Å². The number of imidazole rings is 1. The minimum Gasteiger partial charge on any atom is -0.339 e. The topological polar surface area (TPSA) is 53.6 Å². The van der Waals surface area contributed by atoms with Gasteiger partial charge in [0.05, 0.1) is 11.6 Å². The van der Waals surface area contributed by atoms with Crippen molar-refractivity contribution in [1.82, 2.24) is 20.3 Å². The van der Waals surface area contributed by atoms with Crippen molar-refractivity contribution in [2.75, 3.05) is 0 Å². The first-order valence-electron chi connectivity index (χ1n) is 6.92. The number of rotatable bonds is 1. The van der Waals surface area contributed by atoms with E-state index in [-0.39, 0.29) is 6.04 Å². The highest BCUT2D eigenvalue weighted by molar-refractivity contribution is 5.74. The first-order chi connectivity index (χ1) is 9.81. The number of nitrogens with zero attached hydrogens (tertiary/aromatic N) is 2. The Kier molecular flexibility index (Phi) is 2.57. The van der Waals surface area contributed by atoms with Crippen LogP contribution in [0.1, 0.15) is 28.6 Å². The fourth-order valence-electron chi connectivity index (χ4n) is 2.87. The second-order valence-corrected chi connectivity index (χ2v) is 5.35. The molecule has 0 amide bonds. The molecule has 0 bridgehead atoms. The Morgan fingerprint density at radius 2 is 2.00 bits per heavy atom. The number of nitrogens with one attached hydrogen (secondary N) is 2. The molecule has 0 saturated carbocycles. The number of aryl methyl sites for hydroxylation is 1. The third-order valence-corrected chi connectivity index (χ3v) is 4.03. The second kappa shape index (κ2) is 4.42. The maximum absolute atomic E-state index is 4.64. The van der Waals surface area contributed by atoms with E-state index in [2.05, 4.69) is 51.5 Å². The summed E-state index contributed by atoms with van der Waals surface area (Å²) < 4.78 is 0. The molecule has 4 nitrogen and oxygen atoms in total. The highest BCUT2D eigenvalue weighted by Gasteiger charge is 2.22. The summed E-state index contributed by atoms with van der Waals surface area (Å²) in [7, 11) is 0. The first kappa shape index (κ1) is 11.6. The molecule has 2 aromatic heterocycles. The SMILES string of the molecule is Cc1ccnc2nc(C3Cc4ccccc4CN3)[nH]c12. The van der Waals surface area contributed by atoms with Crippen molar-refractivity contribution < 1.29 is 0 Å². The van der Waals surface area contributed by atoms with Gasteiger partial charge in [0.15, 0.2) is 5.65 Å². The monoisotopic (exact) mass is 264 g/mol. The van der Waals surface area contributed by atoms with Gasteiger partial charge in [0.1, 0.15) is 5.82 Å². The molecule has 1 aromatic carbocycles. The highest BCUT2D eigenvalue weighted by Crippen LogP contribution is 2.25. The summed E-state index contributed by atoms with van der Waals surface area (Å²) in [6.07, 6.45) is 2.78. The Hall–Kier alpha value is -2.20. The molecule has 20 heavy (non-hydrogen) atoms. The van der Waals surface area contributed by atoms with Crippen LogP contribution in [0, 0.1) is 6.92 Å². The molecule has 0 radical (unpaired) electrons. The summed E-state index contributed by atoms with van der Waals surface area (Å²) in [5, 5.41) is 3.55. The minimum atomic E-state index is 0.235. The Bertz CT molecular complexity index is 775. The maximum Gasteiger partial charge on any atom is 0.178 e. The van der Waals surface area contributed by atoms with E-state index >= 15 is 0 Å². The molecule has 1 aliphatic rings. The summed E-state index contributed by atoms with van der Waals surface area (Å²) in [6.45, 7) is 2.97. The number of H-pyrrole nitrogens is 1. The van der Waals surface area contributed by atoms with E-state index in [0.717, 1.165) is 30.0 Å². The summed E-state index contributed by atoms with van der Waals surface area (Å²) in [6, 6.07) is 10.8. The van der Waals surface area contributed by atoms with Gasteiger partial charge >= 0.3 is 0 Å². The van der Waals surface area contributed by atoms with E-state index in [1.165, 1.54) is 16.7 Å². The third kappa shape index (κ3) is 1.80. The zero-order valence-electron chi connectivity index (χ0n) is 11.4. The van der Waals surface area contributed by atoms with Gasteiger partial charge in [0.25, 0.3) is 0 Å². The molecular weight excluding hydrogens is 248 g/mol. The van der Waals surface area contributed by atoms with Crippen molar-refractivity contribution in [3.05, 3.63) is 59.0 Å². The lowest BCUT2D eigenvalue weighted by atomic mass is 9.96. The van der Waals surface area contributed by atoms with Gasteiger partial charge in [-0.05, 0) is 36.1 Å². The van der Waals surface area contributed by atoms with Crippen molar-refractivity contribution in [2.24, 2.45) is 0 Å². The lowest BCUT2D eigenvalue weighted by Crippen LogP contribution is -2.29. The normalized spacial score (nSPS) is 18.1. The lowest BCUT2D eigenvalue weighted by Gasteiger charge is -2.24. The number of fused-ring (bicyclic) bond motifs is 2. The fourth-order valence-corrected chi connectivity index (χ4v) is 2.87. The van der Waals surface area contributed by atoms with Crippen LogP contribution in [-0.2, 0) is 13.0 Å². The lowest BCUT2D eigenvalue weighted by molar-refractivity contribution is 0.481. The Morgan fingerprint density at radius 3 is 2.85 bits per heavy atom. The van der Waals surface area contributed by atoms with Gasteiger partial charge in [-0.2, -0.15) is 0 Å². The number of hydrogen-bond donors (Lipinski definition) is 2. The average molecular weight is 264 g/mol. The molecule has 0 aliphatic carbocycles. The molecule has 2 N–H and O–H groups in total. The van der Waals surface area contributed by atoms with Crippen molar-refractivity contribution in [3.63, 3.8) is 0 Å². The molecule has 1 unspecified atom stereocenters. The van der Waals surface area contributed by atoms with E-state index in [1.54, 1.807) is 0 Å². The van der Waals surface area contributed by atoms with Crippen molar-refractivity contribution in [3.8, 4) is 0 Å². The molecule has 0 fully saturated rings. The van der Waals surface area contributed by atoms with Gasteiger partial charge in [-0.1, -0.05) is 24.3 Å². The molecule has 1 aliphatic heterocycles. The van der Waals surface area contributed by atoms with E-state index in [4.69, 9.17) is 0 Å². The van der Waals surface area contributed by atoms with Gasteiger partial charge < -0.3 is 10.3 Å². The summed E-state index contributed by atoms with van der Waals surface area (Å²) in [4.78, 5) is 12.4. The molecule has 0 spiro atoms. The number of aromatic nitrogens is 3. The number of aromatic amines is 1.